The number of aromatic nitrogens is 1. The highest BCUT2D eigenvalue weighted by molar-refractivity contribution is 6.14. The van der Waals surface area contributed by atoms with E-state index in [9.17, 15) is 0 Å². The van der Waals surface area contributed by atoms with Crippen LogP contribution in [-0.2, 0) is 10.8 Å². The minimum absolute atomic E-state index is 0.429. The molecule has 2 nitrogen and oxygen atoms in total. The Bertz CT molecular complexity index is 3720. The molecule has 10 aromatic carbocycles. The highest BCUT2D eigenvalue weighted by Crippen LogP contribution is 2.65. The fourth-order valence-electron chi connectivity index (χ4n) is 13.0. The summed E-state index contributed by atoms with van der Waals surface area (Å²) in [6.45, 7) is 0. The summed E-state index contributed by atoms with van der Waals surface area (Å²) < 4.78 is 2.55. The lowest BCUT2D eigenvalue weighted by Crippen LogP contribution is -2.33. The Morgan fingerprint density at radius 1 is 0.312 bits per heavy atom. The molecule has 296 valence electrons. The van der Waals surface area contributed by atoms with E-state index in [0.29, 0.717) is 0 Å². The Morgan fingerprint density at radius 3 is 1.41 bits per heavy atom. The van der Waals surface area contributed by atoms with Gasteiger partial charge >= 0.3 is 0 Å². The largest absolute Gasteiger partial charge is 0.310 e. The van der Waals surface area contributed by atoms with Crippen molar-refractivity contribution in [2.45, 2.75) is 10.8 Å². The van der Waals surface area contributed by atoms with Crippen molar-refractivity contribution in [1.82, 2.24) is 4.57 Å². The molecular formula is C62H38N2. The third-order valence-corrected chi connectivity index (χ3v) is 15.2. The van der Waals surface area contributed by atoms with Gasteiger partial charge in [0.05, 0.1) is 33.2 Å². The minimum atomic E-state index is -0.446. The van der Waals surface area contributed by atoms with Crippen LogP contribution in [0.4, 0.5) is 17.1 Å². The number of hydrogen-bond donors (Lipinski definition) is 0. The van der Waals surface area contributed by atoms with Gasteiger partial charge in [0.1, 0.15) is 0 Å². The second-order valence-corrected chi connectivity index (χ2v) is 17.9. The van der Waals surface area contributed by atoms with Crippen molar-refractivity contribution in [3.8, 4) is 39.1 Å². The average molecular weight is 811 g/mol. The summed E-state index contributed by atoms with van der Waals surface area (Å²) in [4.78, 5) is 2.51. The van der Waals surface area contributed by atoms with E-state index in [-0.39, 0.29) is 0 Å². The van der Waals surface area contributed by atoms with Crippen LogP contribution in [0.1, 0.15) is 44.5 Å². The number of fused-ring (bicyclic) bond motifs is 22. The fraction of sp³-hybridized carbons (Fsp3) is 0.0323. The topological polar surface area (TPSA) is 8.17 Å². The van der Waals surface area contributed by atoms with Gasteiger partial charge in [-0.2, -0.15) is 0 Å². The van der Waals surface area contributed by atoms with Crippen LogP contribution in [0.5, 0.6) is 0 Å². The van der Waals surface area contributed by atoms with Crippen LogP contribution >= 0.6 is 0 Å². The Morgan fingerprint density at radius 2 is 0.781 bits per heavy atom. The SMILES string of the molecule is c1ccc(N(c2ccc3c(c2)c2cccc4c2n3-c2ccccc2C42c3ccccc3-c3ccccc32)c2cccc3c2-c2ccccc2C32c3ccccc3-c3ccccc32)cc1. The van der Waals surface area contributed by atoms with Crippen molar-refractivity contribution in [3.05, 3.63) is 275 Å². The maximum absolute atomic E-state index is 2.55. The number of rotatable bonds is 3. The highest BCUT2D eigenvalue weighted by Gasteiger charge is 2.53. The van der Waals surface area contributed by atoms with Crippen molar-refractivity contribution < 1.29 is 0 Å². The van der Waals surface area contributed by atoms with Crippen LogP contribution in [0.2, 0.25) is 0 Å². The van der Waals surface area contributed by atoms with Crippen LogP contribution in [0.15, 0.2) is 231 Å². The van der Waals surface area contributed by atoms with Gasteiger partial charge in [0, 0.05) is 27.7 Å². The predicted octanol–water partition coefficient (Wildman–Crippen LogP) is 15.3. The van der Waals surface area contributed by atoms with Gasteiger partial charge in [-0.1, -0.05) is 188 Å². The zero-order chi connectivity index (χ0) is 41.7. The lowest BCUT2D eigenvalue weighted by atomic mass is 9.65. The molecule has 3 aliphatic carbocycles. The molecule has 1 aliphatic heterocycles. The summed E-state index contributed by atoms with van der Waals surface area (Å²) in [6.07, 6.45) is 0. The summed E-state index contributed by atoms with van der Waals surface area (Å²) in [6, 6.07) is 86.8. The van der Waals surface area contributed by atoms with Crippen LogP contribution in [0, 0.1) is 0 Å². The van der Waals surface area contributed by atoms with Crippen molar-refractivity contribution in [1.29, 1.82) is 0 Å². The van der Waals surface area contributed by atoms with Crippen molar-refractivity contribution in [2.75, 3.05) is 4.90 Å². The quantitative estimate of drug-likeness (QED) is 0.173. The maximum Gasteiger partial charge on any atom is 0.0754 e. The van der Waals surface area contributed by atoms with Crippen molar-refractivity contribution in [3.63, 3.8) is 0 Å². The number of para-hydroxylation sites is 3. The van der Waals surface area contributed by atoms with E-state index >= 15 is 0 Å². The first-order valence-electron chi connectivity index (χ1n) is 22.4. The van der Waals surface area contributed by atoms with Crippen LogP contribution < -0.4 is 4.90 Å². The second-order valence-electron chi connectivity index (χ2n) is 17.9. The maximum atomic E-state index is 2.55. The summed E-state index contributed by atoms with van der Waals surface area (Å²) in [5.74, 6) is 0. The van der Waals surface area contributed by atoms with Gasteiger partial charge < -0.3 is 9.47 Å². The van der Waals surface area contributed by atoms with Crippen LogP contribution in [0.25, 0.3) is 60.9 Å². The van der Waals surface area contributed by atoms with E-state index in [1.165, 1.54) is 111 Å². The van der Waals surface area contributed by atoms with E-state index < -0.39 is 10.8 Å². The molecule has 0 amide bonds. The molecule has 1 aromatic heterocycles. The summed E-state index contributed by atoms with van der Waals surface area (Å²) in [5.41, 5.74) is 24.9. The molecule has 11 aromatic rings. The Hall–Kier alpha value is -8.20. The zero-order valence-electron chi connectivity index (χ0n) is 34.8. The lowest BCUT2D eigenvalue weighted by Gasteiger charge is -2.39. The zero-order valence-corrected chi connectivity index (χ0v) is 34.8. The first kappa shape index (κ1) is 34.4. The molecule has 4 aliphatic rings. The van der Waals surface area contributed by atoms with Gasteiger partial charge in [0.25, 0.3) is 0 Å². The minimum Gasteiger partial charge on any atom is -0.310 e. The molecular weight excluding hydrogens is 773 g/mol. The smallest absolute Gasteiger partial charge is 0.0754 e. The number of benzene rings is 10. The highest BCUT2D eigenvalue weighted by atomic mass is 15.1. The third kappa shape index (κ3) is 3.95. The monoisotopic (exact) mass is 810 g/mol. The van der Waals surface area contributed by atoms with Crippen molar-refractivity contribution >= 4 is 38.9 Å². The molecule has 0 radical (unpaired) electrons. The van der Waals surface area contributed by atoms with E-state index in [4.69, 9.17) is 0 Å². The molecule has 0 bridgehead atoms. The Balaban J connectivity index is 1.01. The molecule has 0 fully saturated rings. The van der Waals surface area contributed by atoms with E-state index in [1.54, 1.807) is 0 Å². The third-order valence-electron chi connectivity index (χ3n) is 15.2. The molecule has 64 heavy (non-hydrogen) atoms. The molecule has 0 N–H and O–H groups in total. The number of hydrogen-bond acceptors (Lipinski definition) is 1. The van der Waals surface area contributed by atoms with Gasteiger partial charge in [-0.25, -0.2) is 0 Å². The number of nitrogens with zero attached hydrogens (tertiary/aromatic N) is 2. The molecule has 0 saturated heterocycles. The van der Waals surface area contributed by atoms with E-state index in [0.717, 1.165) is 11.4 Å². The van der Waals surface area contributed by atoms with E-state index in [1.807, 2.05) is 0 Å². The van der Waals surface area contributed by atoms with E-state index in [2.05, 4.69) is 240 Å². The molecule has 0 unspecified atom stereocenters. The molecule has 2 heterocycles. The van der Waals surface area contributed by atoms with Gasteiger partial charge in [-0.3, -0.25) is 0 Å². The normalized spacial score (nSPS) is 14.5. The summed E-state index contributed by atoms with van der Waals surface area (Å²) in [5, 5.41) is 2.50. The predicted molar refractivity (Wildman–Crippen MR) is 263 cm³/mol. The Labute approximate surface area is 371 Å². The molecule has 15 rings (SSSR count). The van der Waals surface area contributed by atoms with Gasteiger partial charge in [0.2, 0.25) is 0 Å². The average Bonchev–Trinajstić information content (AvgIpc) is 4.06. The first-order valence-corrected chi connectivity index (χ1v) is 22.4. The lowest BCUT2D eigenvalue weighted by molar-refractivity contribution is 0.748. The summed E-state index contributed by atoms with van der Waals surface area (Å²) in [7, 11) is 0. The fourth-order valence-corrected chi connectivity index (χ4v) is 13.0. The molecule has 2 heteroatoms. The van der Waals surface area contributed by atoms with Crippen molar-refractivity contribution in [2.24, 2.45) is 0 Å². The van der Waals surface area contributed by atoms with Gasteiger partial charge in [-0.05, 0) is 115 Å². The standard InChI is InChI=1S/C62H38N2/c1-2-18-39(19-3-1)63(58-35-17-32-54-59(58)46-24-8-13-30-52(46)61(54)48-26-9-4-20-41(48)42-21-5-10-27-49(42)61)40-36-37-56-47(38-40)45-25-16-33-55-60(45)64(56)57-34-15-14-31-53(57)62(55)50-28-11-6-22-43(50)44-23-7-12-29-51(44)62/h1-38H. The van der Waals surface area contributed by atoms with Gasteiger partial charge in [-0.15, -0.1) is 0 Å². The molecule has 2 spiro atoms. The molecule has 0 saturated carbocycles. The summed E-state index contributed by atoms with van der Waals surface area (Å²) >= 11 is 0. The van der Waals surface area contributed by atoms with Crippen LogP contribution in [-0.4, -0.2) is 4.57 Å². The Kier molecular flexibility index (Phi) is 6.58. The molecule has 0 atom stereocenters. The first-order chi connectivity index (χ1) is 31.8. The van der Waals surface area contributed by atoms with Crippen LogP contribution in [0.3, 0.4) is 0 Å². The van der Waals surface area contributed by atoms with Gasteiger partial charge in [0.15, 0.2) is 0 Å². The number of anilines is 3. The second kappa shape index (κ2) is 12.2.